The van der Waals surface area contributed by atoms with Crippen molar-refractivity contribution >= 4 is 11.8 Å². The molecular weight excluding hydrogens is 198 g/mol. The Hall–Kier alpha value is -0.550. The summed E-state index contributed by atoms with van der Waals surface area (Å²) in [7, 11) is 1.88. The predicted octanol–water partition coefficient (Wildman–Crippen LogP) is 1.75. The molecule has 0 radical (unpaired) electrons. The first-order valence-corrected chi connectivity index (χ1v) is 6.03. The molecule has 1 aliphatic rings. The minimum Gasteiger partial charge on any atom is -0.338 e. The molecule has 1 saturated heterocycles. The van der Waals surface area contributed by atoms with Crippen LogP contribution in [0.2, 0.25) is 0 Å². The van der Waals surface area contributed by atoms with Crippen LogP contribution in [0.4, 0.5) is 0 Å². The van der Waals surface area contributed by atoms with Crippen LogP contribution in [-0.2, 0) is 6.54 Å². The summed E-state index contributed by atoms with van der Waals surface area (Å²) in [5.74, 6) is 2.78. The minimum atomic E-state index is 0.432. The molecule has 5 heteroatoms. The molecule has 2 rings (SSSR count). The van der Waals surface area contributed by atoms with Gasteiger partial charge in [0.1, 0.15) is 0 Å². The molecule has 0 amide bonds. The van der Waals surface area contributed by atoms with E-state index in [9.17, 15) is 0 Å². The van der Waals surface area contributed by atoms with Crippen LogP contribution < -0.4 is 5.32 Å². The maximum absolute atomic E-state index is 5.23. The molecule has 1 aromatic rings. The average Bonchev–Trinajstić information content (AvgIpc) is 2.68. The smallest absolute Gasteiger partial charge is 0.239 e. The Bertz CT molecular complexity index is 283. The van der Waals surface area contributed by atoms with Gasteiger partial charge in [-0.1, -0.05) is 11.6 Å². The van der Waals surface area contributed by atoms with Crippen molar-refractivity contribution in [1.29, 1.82) is 0 Å². The van der Waals surface area contributed by atoms with Gasteiger partial charge in [0, 0.05) is 0 Å². The summed E-state index contributed by atoms with van der Waals surface area (Å²) in [5, 5.41) is 7.36. The van der Waals surface area contributed by atoms with E-state index in [4.69, 9.17) is 4.52 Å². The van der Waals surface area contributed by atoms with Crippen molar-refractivity contribution in [2.75, 3.05) is 12.8 Å². The van der Waals surface area contributed by atoms with Gasteiger partial charge in [-0.25, -0.2) is 0 Å². The van der Waals surface area contributed by atoms with Gasteiger partial charge in [-0.3, -0.25) is 0 Å². The average molecular weight is 213 g/mol. The lowest BCUT2D eigenvalue weighted by molar-refractivity contribution is 0.364. The molecule has 0 aliphatic carbocycles. The fourth-order valence-electron chi connectivity index (χ4n) is 1.56. The van der Waals surface area contributed by atoms with Gasteiger partial charge in [0.25, 0.3) is 0 Å². The van der Waals surface area contributed by atoms with E-state index in [1.54, 1.807) is 0 Å². The molecule has 1 N–H and O–H groups in total. The summed E-state index contributed by atoms with van der Waals surface area (Å²) < 4.78 is 5.23. The predicted molar refractivity (Wildman–Crippen MR) is 56.1 cm³/mol. The molecule has 14 heavy (non-hydrogen) atoms. The number of hydrogen-bond donors (Lipinski definition) is 1. The third-order valence-corrected chi connectivity index (χ3v) is 3.64. The highest BCUT2D eigenvalue weighted by molar-refractivity contribution is 7.99. The quantitative estimate of drug-likeness (QED) is 0.829. The first kappa shape index (κ1) is 9.98. The lowest BCUT2D eigenvalue weighted by atomic mass is 10.2. The maximum Gasteiger partial charge on any atom is 0.239 e. The molecule has 0 spiro atoms. The molecule has 2 heterocycles. The van der Waals surface area contributed by atoms with E-state index < -0.39 is 0 Å². The van der Waals surface area contributed by atoms with Crippen molar-refractivity contribution in [3.63, 3.8) is 0 Å². The number of rotatable bonds is 3. The standard InChI is InChI=1S/C9H15N3OS/c1-10-6-8-11-9(13-12-8)7-4-2-3-5-14-7/h7,10H,2-6H2,1H3. The zero-order valence-electron chi connectivity index (χ0n) is 8.32. The molecule has 0 aromatic carbocycles. The molecule has 0 saturated carbocycles. The van der Waals surface area contributed by atoms with Crippen LogP contribution in [0.5, 0.6) is 0 Å². The summed E-state index contributed by atoms with van der Waals surface area (Å²) in [5.41, 5.74) is 0. The minimum absolute atomic E-state index is 0.432. The van der Waals surface area contributed by atoms with Gasteiger partial charge in [-0.05, 0) is 25.6 Å². The number of thioether (sulfide) groups is 1. The van der Waals surface area contributed by atoms with Crippen LogP contribution in [0.1, 0.15) is 36.2 Å². The molecule has 78 valence electrons. The number of nitrogens with zero attached hydrogens (tertiary/aromatic N) is 2. The van der Waals surface area contributed by atoms with E-state index in [-0.39, 0.29) is 0 Å². The van der Waals surface area contributed by atoms with Crippen molar-refractivity contribution in [1.82, 2.24) is 15.5 Å². The zero-order chi connectivity index (χ0) is 9.80. The fourth-order valence-corrected chi connectivity index (χ4v) is 2.79. The Morgan fingerprint density at radius 2 is 2.50 bits per heavy atom. The van der Waals surface area contributed by atoms with Gasteiger partial charge in [0.2, 0.25) is 5.89 Å². The Kier molecular flexibility index (Phi) is 3.42. The Balaban J connectivity index is 2.00. The lowest BCUT2D eigenvalue weighted by Gasteiger charge is -2.16. The number of nitrogens with one attached hydrogen (secondary N) is 1. The Morgan fingerprint density at radius 3 is 3.21 bits per heavy atom. The summed E-state index contributed by atoms with van der Waals surface area (Å²) in [6.07, 6.45) is 3.77. The monoisotopic (exact) mass is 213 g/mol. The molecule has 1 aromatic heterocycles. The summed E-state index contributed by atoms with van der Waals surface area (Å²) in [4.78, 5) is 4.36. The first-order valence-electron chi connectivity index (χ1n) is 4.99. The largest absolute Gasteiger partial charge is 0.338 e. The molecule has 1 atom stereocenters. The Morgan fingerprint density at radius 1 is 1.57 bits per heavy atom. The summed E-state index contributed by atoms with van der Waals surface area (Å²) in [6.45, 7) is 0.681. The molecule has 4 nitrogen and oxygen atoms in total. The normalized spacial score (nSPS) is 22.5. The third kappa shape index (κ3) is 2.27. The van der Waals surface area contributed by atoms with Gasteiger partial charge < -0.3 is 9.84 Å². The van der Waals surface area contributed by atoms with Crippen LogP contribution in [0.15, 0.2) is 4.52 Å². The second-order valence-electron chi connectivity index (χ2n) is 3.43. The second-order valence-corrected chi connectivity index (χ2v) is 4.75. The van der Waals surface area contributed by atoms with Crippen molar-refractivity contribution < 1.29 is 4.52 Å². The van der Waals surface area contributed by atoms with Gasteiger partial charge in [0.05, 0.1) is 11.8 Å². The fraction of sp³-hybridized carbons (Fsp3) is 0.778. The summed E-state index contributed by atoms with van der Waals surface area (Å²) in [6, 6.07) is 0. The van der Waals surface area contributed by atoms with E-state index in [2.05, 4.69) is 15.5 Å². The van der Waals surface area contributed by atoms with Crippen LogP contribution in [0, 0.1) is 0 Å². The second kappa shape index (κ2) is 4.79. The van der Waals surface area contributed by atoms with Gasteiger partial charge in [-0.2, -0.15) is 4.98 Å². The van der Waals surface area contributed by atoms with Crippen LogP contribution >= 0.6 is 11.8 Å². The third-order valence-electron chi connectivity index (χ3n) is 2.27. The van der Waals surface area contributed by atoms with Crippen molar-refractivity contribution in [3.8, 4) is 0 Å². The van der Waals surface area contributed by atoms with Crippen LogP contribution in [0.25, 0.3) is 0 Å². The van der Waals surface area contributed by atoms with Crippen LogP contribution in [0.3, 0.4) is 0 Å². The first-order chi connectivity index (χ1) is 6.90. The van der Waals surface area contributed by atoms with Gasteiger partial charge in [0.15, 0.2) is 5.82 Å². The van der Waals surface area contributed by atoms with E-state index in [0.717, 1.165) is 11.7 Å². The topological polar surface area (TPSA) is 51.0 Å². The molecule has 1 fully saturated rings. The zero-order valence-corrected chi connectivity index (χ0v) is 9.14. The molecular formula is C9H15N3OS. The van der Waals surface area contributed by atoms with Crippen molar-refractivity contribution in [2.24, 2.45) is 0 Å². The maximum atomic E-state index is 5.23. The molecule has 0 bridgehead atoms. The number of aromatic nitrogens is 2. The summed E-state index contributed by atoms with van der Waals surface area (Å²) >= 11 is 1.93. The SMILES string of the molecule is CNCc1noc(C2CCCCS2)n1. The van der Waals surface area contributed by atoms with E-state index in [1.807, 2.05) is 18.8 Å². The van der Waals surface area contributed by atoms with E-state index >= 15 is 0 Å². The van der Waals surface area contributed by atoms with E-state index in [0.29, 0.717) is 11.8 Å². The lowest BCUT2D eigenvalue weighted by Crippen LogP contribution is -2.07. The molecule has 1 aliphatic heterocycles. The highest BCUT2D eigenvalue weighted by Crippen LogP contribution is 2.37. The highest BCUT2D eigenvalue weighted by atomic mass is 32.2. The van der Waals surface area contributed by atoms with Crippen molar-refractivity contribution in [3.05, 3.63) is 11.7 Å². The van der Waals surface area contributed by atoms with Gasteiger partial charge in [-0.15, -0.1) is 11.8 Å². The van der Waals surface area contributed by atoms with Crippen molar-refractivity contribution in [2.45, 2.75) is 31.1 Å². The Labute approximate surface area is 87.8 Å². The molecule has 1 unspecified atom stereocenters. The number of hydrogen-bond acceptors (Lipinski definition) is 5. The van der Waals surface area contributed by atoms with E-state index in [1.165, 1.54) is 25.0 Å². The van der Waals surface area contributed by atoms with Gasteiger partial charge >= 0.3 is 0 Å². The van der Waals surface area contributed by atoms with Crippen LogP contribution in [-0.4, -0.2) is 22.9 Å². The highest BCUT2D eigenvalue weighted by Gasteiger charge is 2.21.